The predicted octanol–water partition coefficient (Wildman–Crippen LogP) is 1.36. The molecule has 3 aliphatic rings. The highest BCUT2D eigenvalue weighted by Crippen LogP contribution is 2.57. The number of carbonyl (C=O) groups is 2. The second kappa shape index (κ2) is 6.12. The molecule has 1 saturated heterocycles. The molecule has 2 aliphatic carbocycles. The fourth-order valence-corrected chi connectivity index (χ4v) is 4.57. The van der Waals surface area contributed by atoms with E-state index < -0.39 is 0 Å². The summed E-state index contributed by atoms with van der Waals surface area (Å²) < 4.78 is 5.25. The second-order valence-electron chi connectivity index (χ2n) is 7.19. The molecule has 1 N–H and O–H groups in total. The van der Waals surface area contributed by atoms with Crippen LogP contribution in [0, 0.1) is 16.7 Å². The smallest absolute Gasteiger partial charge is 0.312 e. The molecule has 6 heteroatoms. The van der Waals surface area contributed by atoms with Gasteiger partial charge in [0.25, 0.3) is 0 Å². The molecule has 126 valence electrons. The van der Waals surface area contributed by atoms with Crippen molar-refractivity contribution in [3.8, 4) is 6.07 Å². The van der Waals surface area contributed by atoms with Crippen LogP contribution in [0.3, 0.4) is 0 Å². The lowest BCUT2D eigenvalue weighted by molar-refractivity contribution is -0.154. The largest absolute Gasteiger partial charge is 0.466 e. The van der Waals surface area contributed by atoms with Crippen LogP contribution < -0.4 is 5.32 Å². The van der Waals surface area contributed by atoms with E-state index in [1.165, 1.54) is 0 Å². The molecule has 1 aliphatic heterocycles. The maximum absolute atomic E-state index is 12.4. The minimum absolute atomic E-state index is 0.00367. The van der Waals surface area contributed by atoms with Gasteiger partial charge in [-0.2, -0.15) is 5.26 Å². The lowest BCUT2D eigenvalue weighted by atomic mass is 9.84. The molecule has 6 nitrogen and oxygen atoms in total. The zero-order valence-corrected chi connectivity index (χ0v) is 13.8. The number of ether oxygens (including phenoxy) is 1. The van der Waals surface area contributed by atoms with E-state index in [2.05, 4.69) is 11.4 Å². The number of amides is 1. The van der Waals surface area contributed by atoms with E-state index in [1.807, 2.05) is 6.92 Å². The van der Waals surface area contributed by atoms with E-state index in [1.54, 1.807) is 4.90 Å². The van der Waals surface area contributed by atoms with Crippen molar-refractivity contribution in [2.45, 2.75) is 63.5 Å². The Kier molecular flexibility index (Phi) is 4.33. The van der Waals surface area contributed by atoms with Gasteiger partial charge in [0.05, 0.1) is 24.6 Å². The summed E-state index contributed by atoms with van der Waals surface area (Å²) in [6, 6.07) is 1.93. The van der Waals surface area contributed by atoms with Gasteiger partial charge in [-0.3, -0.25) is 9.59 Å². The molecule has 1 atom stereocenters. The Morgan fingerprint density at radius 1 is 1.35 bits per heavy atom. The molecule has 0 aromatic heterocycles. The van der Waals surface area contributed by atoms with Gasteiger partial charge in [0.1, 0.15) is 6.04 Å². The number of carbonyl (C=O) groups excluding carboxylic acids is 2. The van der Waals surface area contributed by atoms with E-state index in [4.69, 9.17) is 10.00 Å². The Morgan fingerprint density at radius 2 is 2.09 bits per heavy atom. The summed E-state index contributed by atoms with van der Waals surface area (Å²) in [6.45, 7) is 3.20. The Hall–Kier alpha value is -1.61. The van der Waals surface area contributed by atoms with E-state index >= 15 is 0 Å². The summed E-state index contributed by atoms with van der Waals surface area (Å²) in [5.41, 5.74) is -0.445. The predicted molar refractivity (Wildman–Crippen MR) is 83.2 cm³/mol. The normalized spacial score (nSPS) is 35.3. The SMILES string of the molecule is CCOC(=O)C12CCC(NCC(=O)N3CCCC3C#N)(CC1)C2. The van der Waals surface area contributed by atoms with Gasteiger partial charge < -0.3 is 15.0 Å². The highest BCUT2D eigenvalue weighted by molar-refractivity contribution is 5.80. The lowest BCUT2D eigenvalue weighted by Gasteiger charge is -2.29. The van der Waals surface area contributed by atoms with Crippen molar-refractivity contribution in [3.05, 3.63) is 0 Å². The maximum Gasteiger partial charge on any atom is 0.312 e. The van der Waals surface area contributed by atoms with Crippen LogP contribution in [0.5, 0.6) is 0 Å². The molecule has 1 heterocycles. The summed E-state index contributed by atoms with van der Waals surface area (Å²) >= 11 is 0. The molecule has 23 heavy (non-hydrogen) atoms. The van der Waals surface area contributed by atoms with Gasteiger partial charge in [0.15, 0.2) is 0 Å². The molecule has 0 aromatic carbocycles. The standard InChI is InChI=1S/C17H25N3O3/c1-2-23-15(22)16-5-7-17(12-16,8-6-16)19-11-14(21)20-9-3-4-13(20)10-18/h13,19H,2-9,11-12H2,1H3. The minimum Gasteiger partial charge on any atom is -0.466 e. The van der Waals surface area contributed by atoms with Crippen molar-refractivity contribution in [2.75, 3.05) is 19.7 Å². The van der Waals surface area contributed by atoms with Gasteiger partial charge >= 0.3 is 5.97 Å². The van der Waals surface area contributed by atoms with Crippen LogP contribution >= 0.6 is 0 Å². The molecule has 0 spiro atoms. The van der Waals surface area contributed by atoms with E-state index in [0.29, 0.717) is 13.2 Å². The molecular formula is C17H25N3O3. The number of fused-ring (bicyclic) bond motifs is 2. The van der Waals surface area contributed by atoms with Crippen LogP contribution in [0.4, 0.5) is 0 Å². The molecule has 1 unspecified atom stereocenters. The quantitative estimate of drug-likeness (QED) is 0.774. The van der Waals surface area contributed by atoms with Gasteiger partial charge in [-0.25, -0.2) is 0 Å². The van der Waals surface area contributed by atoms with Crippen molar-refractivity contribution in [2.24, 2.45) is 5.41 Å². The average Bonchev–Trinajstić information content (AvgIpc) is 3.26. The molecule has 0 aromatic rings. The summed E-state index contributed by atoms with van der Waals surface area (Å²) in [4.78, 5) is 26.3. The van der Waals surface area contributed by atoms with Gasteiger partial charge in [-0.15, -0.1) is 0 Å². The summed E-state index contributed by atoms with van der Waals surface area (Å²) in [6.07, 6.45) is 5.98. The van der Waals surface area contributed by atoms with E-state index in [9.17, 15) is 9.59 Å². The van der Waals surface area contributed by atoms with Gasteiger partial charge in [0.2, 0.25) is 5.91 Å². The number of esters is 1. The number of rotatable bonds is 5. The van der Waals surface area contributed by atoms with Crippen molar-refractivity contribution in [3.63, 3.8) is 0 Å². The van der Waals surface area contributed by atoms with Crippen molar-refractivity contribution >= 4 is 11.9 Å². The first-order valence-corrected chi connectivity index (χ1v) is 8.66. The molecule has 2 saturated carbocycles. The summed E-state index contributed by atoms with van der Waals surface area (Å²) in [5.74, 6) is -0.0689. The number of nitrogens with one attached hydrogen (secondary N) is 1. The highest BCUT2D eigenvalue weighted by atomic mass is 16.5. The van der Waals surface area contributed by atoms with Gasteiger partial charge in [-0.05, 0) is 51.9 Å². The molecule has 3 fully saturated rings. The molecule has 1 amide bonds. The number of nitriles is 1. The zero-order valence-electron chi connectivity index (χ0n) is 13.8. The monoisotopic (exact) mass is 319 g/mol. The third kappa shape index (κ3) is 2.83. The van der Waals surface area contributed by atoms with Crippen LogP contribution in [0.15, 0.2) is 0 Å². The van der Waals surface area contributed by atoms with Crippen LogP contribution in [-0.4, -0.2) is 48.1 Å². The van der Waals surface area contributed by atoms with Crippen LogP contribution in [0.25, 0.3) is 0 Å². The van der Waals surface area contributed by atoms with Crippen LogP contribution in [0.2, 0.25) is 0 Å². The van der Waals surface area contributed by atoms with Crippen molar-refractivity contribution < 1.29 is 14.3 Å². The number of likely N-dealkylation sites (tertiary alicyclic amines) is 1. The summed E-state index contributed by atoms with van der Waals surface area (Å²) in [7, 11) is 0. The topological polar surface area (TPSA) is 82.4 Å². The maximum atomic E-state index is 12.4. The first-order valence-electron chi connectivity index (χ1n) is 8.66. The van der Waals surface area contributed by atoms with Crippen LogP contribution in [-0.2, 0) is 14.3 Å². The highest BCUT2D eigenvalue weighted by Gasteiger charge is 2.58. The Morgan fingerprint density at radius 3 is 2.74 bits per heavy atom. The van der Waals surface area contributed by atoms with Gasteiger partial charge in [-0.1, -0.05) is 0 Å². The third-order valence-electron chi connectivity index (χ3n) is 5.89. The van der Waals surface area contributed by atoms with Gasteiger partial charge in [0, 0.05) is 12.1 Å². The molecule has 2 bridgehead atoms. The molecule has 3 rings (SSSR count). The Balaban J connectivity index is 1.57. The Bertz CT molecular complexity index is 532. The summed E-state index contributed by atoms with van der Waals surface area (Å²) in [5, 5.41) is 12.5. The lowest BCUT2D eigenvalue weighted by Crippen LogP contribution is -2.48. The zero-order chi connectivity index (χ0) is 16.5. The first kappa shape index (κ1) is 16.3. The molecule has 0 radical (unpaired) electrons. The third-order valence-corrected chi connectivity index (χ3v) is 5.89. The Labute approximate surface area is 137 Å². The molecular weight excluding hydrogens is 294 g/mol. The minimum atomic E-state index is -0.338. The fraction of sp³-hybridized carbons (Fsp3) is 0.824. The van der Waals surface area contributed by atoms with E-state index in [0.717, 1.165) is 44.9 Å². The van der Waals surface area contributed by atoms with Crippen molar-refractivity contribution in [1.29, 1.82) is 5.26 Å². The van der Waals surface area contributed by atoms with Crippen molar-refractivity contribution in [1.82, 2.24) is 10.2 Å². The number of hydrogen-bond donors (Lipinski definition) is 1. The number of hydrogen-bond acceptors (Lipinski definition) is 5. The first-order chi connectivity index (χ1) is 11.0. The second-order valence-corrected chi connectivity index (χ2v) is 7.19. The van der Waals surface area contributed by atoms with E-state index in [-0.39, 0.29) is 35.4 Å². The average molecular weight is 319 g/mol. The number of nitrogens with zero attached hydrogens (tertiary/aromatic N) is 2. The fourth-order valence-electron chi connectivity index (χ4n) is 4.57. The van der Waals surface area contributed by atoms with Crippen LogP contribution in [0.1, 0.15) is 51.9 Å².